The van der Waals surface area contributed by atoms with Gasteiger partial charge in [-0.2, -0.15) is 9.78 Å². The molecule has 0 spiro atoms. The highest BCUT2D eigenvalue weighted by Crippen LogP contribution is 2.33. The Morgan fingerprint density at radius 2 is 2.00 bits per heavy atom. The Morgan fingerprint density at radius 3 is 2.59 bits per heavy atom. The van der Waals surface area contributed by atoms with Crippen molar-refractivity contribution in [1.29, 1.82) is 0 Å². The van der Waals surface area contributed by atoms with Crippen molar-refractivity contribution in [3.05, 3.63) is 40.3 Å². The van der Waals surface area contributed by atoms with E-state index in [1.54, 1.807) is 11.0 Å². The molecule has 2 rings (SSSR count). The third-order valence-electron chi connectivity index (χ3n) is 2.97. The number of hydrogen-bond donors (Lipinski definition) is 0. The van der Waals surface area contributed by atoms with Gasteiger partial charge in [-0.25, -0.2) is 9.18 Å². The molecule has 1 aromatic carbocycles. The lowest BCUT2D eigenvalue weighted by molar-refractivity contribution is 0.201. The predicted octanol–water partition coefficient (Wildman–Crippen LogP) is 4.79. The van der Waals surface area contributed by atoms with Crippen molar-refractivity contribution < 1.29 is 9.18 Å². The van der Waals surface area contributed by atoms with E-state index in [2.05, 4.69) is 5.10 Å². The van der Waals surface area contributed by atoms with Crippen LogP contribution in [-0.2, 0) is 0 Å². The summed E-state index contributed by atoms with van der Waals surface area (Å²) in [6, 6.07) is 4.10. The topological polar surface area (TPSA) is 38.1 Å². The van der Waals surface area contributed by atoms with Crippen LogP contribution in [-0.4, -0.2) is 33.8 Å². The monoisotopic (exact) mass is 361 g/mol. The summed E-state index contributed by atoms with van der Waals surface area (Å²) in [5, 5.41) is 5.04. The highest BCUT2D eigenvalue weighted by atomic mass is 35.5. The summed E-state index contributed by atoms with van der Waals surface area (Å²) < 4.78 is 14.4. The first-order valence-electron chi connectivity index (χ1n) is 6.63. The zero-order valence-corrected chi connectivity index (χ0v) is 14.3. The quantitative estimate of drug-likeness (QED) is 0.785. The number of halogens is 3. The number of nitrogens with zero attached hydrogens (tertiary/aromatic N) is 3. The van der Waals surface area contributed by atoms with Gasteiger partial charge in [0.1, 0.15) is 10.8 Å². The van der Waals surface area contributed by atoms with Crippen molar-refractivity contribution in [1.82, 2.24) is 14.7 Å². The smallest absolute Gasteiger partial charge is 0.323 e. The van der Waals surface area contributed by atoms with E-state index in [0.29, 0.717) is 28.0 Å². The van der Waals surface area contributed by atoms with Crippen LogP contribution in [0.2, 0.25) is 10.0 Å². The van der Waals surface area contributed by atoms with Gasteiger partial charge in [0, 0.05) is 18.0 Å². The molecule has 118 valence electrons. The lowest BCUT2D eigenvalue weighted by Gasteiger charge is -2.17. The number of rotatable bonds is 4. The number of carbonyl (C=O) groups is 1. The third kappa shape index (κ3) is 3.74. The van der Waals surface area contributed by atoms with Crippen molar-refractivity contribution in [2.24, 2.45) is 0 Å². The minimum absolute atomic E-state index is 0.0276. The number of carbonyl (C=O) groups excluding carboxylic acids is 1. The summed E-state index contributed by atoms with van der Waals surface area (Å²) in [6.07, 6.45) is 1.47. The molecule has 0 saturated carbocycles. The Kier molecular flexibility index (Phi) is 5.72. The third-order valence-corrected chi connectivity index (χ3v) is 4.64. The zero-order chi connectivity index (χ0) is 16.3. The summed E-state index contributed by atoms with van der Waals surface area (Å²) in [4.78, 5) is 14.5. The fourth-order valence-corrected chi connectivity index (χ4v) is 3.10. The lowest BCUT2D eigenvalue weighted by atomic mass is 10.3. The van der Waals surface area contributed by atoms with E-state index in [-0.39, 0.29) is 11.1 Å². The van der Waals surface area contributed by atoms with Crippen LogP contribution in [0.1, 0.15) is 13.8 Å². The van der Waals surface area contributed by atoms with Gasteiger partial charge in [0.15, 0.2) is 0 Å². The van der Waals surface area contributed by atoms with Crippen LogP contribution in [0, 0.1) is 5.82 Å². The Hall–Kier alpha value is -1.24. The molecule has 8 heteroatoms. The summed E-state index contributed by atoms with van der Waals surface area (Å²) in [5.74, 6) is -0.487. The zero-order valence-electron chi connectivity index (χ0n) is 12.0. The van der Waals surface area contributed by atoms with Gasteiger partial charge in [0.2, 0.25) is 0 Å². The maximum Gasteiger partial charge on any atom is 0.344 e. The maximum atomic E-state index is 13.2. The Morgan fingerprint density at radius 1 is 1.32 bits per heavy atom. The summed E-state index contributed by atoms with van der Waals surface area (Å²) in [7, 11) is 0. The van der Waals surface area contributed by atoms with Crippen LogP contribution in [0.5, 0.6) is 0 Å². The summed E-state index contributed by atoms with van der Waals surface area (Å²) in [6.45, 7) is 4.96. The number of benzene rings is 1. The van der Waals surface area contributed by atoms with Gasteiger partial charge in [0.25, 0.3) is 0 Å². The first kappa shape index (κ1) is 17.1. The van der Waals surface area contributed by atoms with Crippen LogP contribution in [0.3, 0.4) is 0 Å². The number of aromatic nitrogens is 2. The molecular formula is C14H14Cl2FN3OS. The Balaban J connectivity index is 2.22. The molecule has 22 heavy (non-hydrogen) atoms. The van der Waals surface area contributed by atoms with Gasteiger partial charge in [0.05, 0.1) is 16.2 Å². The highest BCUT2D eigenvalue weighted by Gasteiger charge is 2.17. The van der Waals surface area contributed by atoms with E-state index in [1.165, 1.54) is 34.8 Å². The largest absolute Gasteiger partial charge is 0.344 e. The van der Waals surface area contributed by atoms with E-state index in [1.807, 2.05) is 13.8 Å². The van der Waals surface area contributed by atoms with Gasteiger partial charge < -0.3 is 4.90 Å². The molecule has 0 saturated heterocycles. The molecule has 0 unspecified atom stereocenters. The van der Waals surface area contributed by atoms with Crippen LogP contribution < -0.4 is 0 Å². The first-order chi connectivity index (χ1) is 10.5. The van der Waals surface area contributed by atoms with Gasteiger partial charge in [-0.05, 0) is 32.0 Å². The summed E-state index contributed by atoms with van der Waals surface area (Å²) >= 11 is 13.1. The molecule has 0 bridgehead atoms. The molecule has 0 N–H and O–H groups in total. The minimum atomic E-state index is -0.487. The van der Waals surface area contributed by atoms with E-state index < -0.39 is 5.82 Å². The Bertz CT molecular complexity index is 689. The fourth-order valence-electron chi connectivity index (χ4n) is 1.80. The van der Waals surface area contributed by atoms with Crippen molar-refractivity contribution in [2.75, 3.05) is 13.1 Å². The molecule has 1 amide bonds. The molecule has 0 radical (unpaired) electrons. The summed E-state index contributed by atoms with van der Waals surface area (Å²) in [5.41, 5.74) is 0. The molecule has 0 aliphatic carbocycles. The van der Waals surface area contributed by atoms with Gasteiger partial charge in [-0.1, -0.05) is 35.0 Å². The maximum absolute atomic E-state index is 13.2. The average molecular weight is 362 g/mol. The second-order valence-electron chi connectivity index (χ2n) is 4.36. The van der Waals surface area contributed by atoms with Gasteiger partial charge in [-0.3, -0.25) is 0 Å². The molecule has 2 aromatic rings. The van der Waals surface area contributed by atoms with Gasteiger partial charge >= 0.3 is 6.03 Å². The van der Waals surface area contributed by atoms with Crippen molar-refractivity contribution >= 4 is 41.0 Å². The standard InChI is InChI=1S/C14H14Cl2FN3OS/c1-3-19(4-2)14(21)20-8-11(16)13(18-20)22-9-5-6-12(17)10(15)7-9/h5-8H,3-4H2,1-2H3. The molecule has 1 aromatic heterocycles. The van der Waals surface area contributed by atoms with Crippen LogP contribution in [0.4, 0.5) is 9.18 Å². The van der Waals surface area contributed by atoms with E-state index in [9.17, 15) is 9.18 Å². The van der Waals surface area contributed by atoms with Crippen LogP contribution in [0.15, 0.2) is 34.3 Å². The molecule has 1 heterocycles. The first-order valence-corrected chi connectivity index (χ1v) is 8.20. The van der Waals surface area contributed by atoms with Crippen LogP contribution in [0.25, 0.3) is 0 Å². The second-order valence-corrected chi connectivity index (χ2v) is 6.24. The molecule has 0 fully saturated rings. The van der Waals surface area contributed by atoms with Crippen molar-refractivity contribution in [3.8, 4) is 0 Å². The van der Waals surface area contributed by atoms with Crippen molar-refractivity contribution in [2.45, 2.75) is 23.8 Å². The van der Waals surface area contributed by atoms with E-state index in [0.717, 1.165) is 0 Å². The molecule has 0 aliphatic heterocycles. The second kappa shape index (κ2) is 7.35. The molecular weight excluding hydrogens is 348 g/mol. The van der Waals surface area contributed by atoms with E-state index >= 15 is 0 Å². The molecule has 4 nitrogen and oxygen atoms in total. The SMILES string of the molecule is CCN(CC)C(=O)n1cc(Cl)c(Sc2ccc(F)c(Cl)c2)n1. The number of hydrogen-bond acceptors (Lipinski definition) is 3. The molecule has 0 atom stereocenters. The van der Waals surface area contributed by atoms with Crippen LogP contribution >= 0.6 is 35.0 Å². The fraction of sp³-hybridized carbons (Fsp3) is 0.286. The van der Waals surface area contributed by atoms with Gasteiger partial charge in [-0.15, -0.1) is 0 Å². The lowest BCUT2D eigenvalue weighted by Crippen LogP contribution is -2.34. The number of amides is 1. The predicted molar refractivity (Wildman–Crippen MR) is 86.5 cm³/mol. The van der Waals surface area contributed by atoms with E-state index in [4.69, 9.17) is 23.2 Å². The normalized spacial score (nSPS) is 10.8. The van der Waals surface area contributed by atoms with Crippen molar-refractivity contribution in [3.63, 3.8) is 0 Å². The minimum Gasteiger partial charge on any atom is -0.323 e. The molecule has 0 aliphatic rings. The average Bonchev–Trinajstić information content (AvgIpc) is 2.85. The Labute approximate surface area is 142 Å². The highest BCUT2D eigenvalue weighted by molar-refractivity contribution is 7.99.